The summed E-state index contributed by atoms with van der Waals surface area (Å²) in [4.78, 5) is 3.88. The van der Waals surface area contributed by atoms with E-state index in [1.807, 2.05) is 35.6 Å². The summed E-state index contributed by atoms with van der Waals surface area (Å²) in [6.07, 6.45) is 1.04. The van der Waals surface area contributed by atoms with Crippen molar-refractivity contribution in [2.75, 3.05) is 19.7 Å². The number of nitrogens with zero attached hydrogens (tertiary/aromatic N) is 1. The first kappa shape index (κ1) is 16.0. The van der Waals surface area contributed by atoms with Crippen LogP contribution in [0.5, 0.6) is 5.75 Å². The van der Waals surface area contributed by atoms with Crippen LogP contribution in [0.2, 0.25) is 0 Å². The molecule has 0 aliphatic rings. The van der Waals surface area contributed by atoms with E-state index in [9.17, 15) is 0 Å². The smallest absolute Gasteiger partial charge is 0.119 e. The van der Waals surface area contributed by atoms with Gasteiger partial charge in [-0.05, 0) is 42.1 Å². The lowest BCUT2D eigenvalue weighted by molar-refractivity contribution is 0.237. The summed E-state index contributed by atoms with van der Waals surface area (Å²) >= 11 is 1.82. The SMILES string of the molecule is CCN(CCCOc1ccc(CN)cc1)Cc1cccs1. The van der Waals surface area contributed by atoms with Crippen molar-refractivity contribution in [2.45, 2.75) is 26.4 Å². The Morgan fingerprint density at radius 2 is 2.00 bits per heavy atom. The molecule has 1 aromatic carbocycles. The van der Waals surface area contributed by atoms with Gasteiger partial charge in [0, 0.05) is 24.5 Å². The second-order valence-corrected chi connectivity index (χ2v) is 6.03. The molecular formula is C17H24N2OS. The zero-order valence-corrected chi connectivity index (χ0v) is 13.4. The molecule has 0 bridgehead atoms. The molecule has 0 amide bonds. The molecule has 0 unspecified atom stereocenters. The Hall–Kier alpha value is -1.36. The third-order valence-corrected chi connectivity index (χ3v) is 4.31. The van der Waals surface area contributed by atoms with Gasteiger partial charge in [0.05, 0.1) is 6.61 Å². The summed E-state index contributed by atoms with van der Waals surface area (Å²) in [5, 5.41) is 2.14. The summed E-state index contributed by atoms with van der Waals surface area (Å²) in [6, 6.07) is 12.3. The maximum atomic E-state index is 5.77. The van der Waals surface area contributed by atoms with Crippen molar-refractivity contribution in [1.82, 2.24) is 4.90 Å². The van der Waals surface area contributed by atoms with Crippen LogP contribution in [0.25, 0.3) is 0 Å². The molecule has 1 heterocycles. The van der Waals surface area contributed by atoms with Crippen LogP contribution >= 0.6 is 11.3 Å². The minimum Gasteiger partial charge on any atom is -0.494 e. The topological polar surface area (TPSA) is 38.5 Å². The second kappa shape index (κ2) is 8.82. The first-order valence-corrected chi connectivity index (χ1v) is 8.36. The van der Waals surface area contributed by atoms with Gasteiger partial charge in [0.25, 0.3) is 0 Å². The first-order chi connectivity index (χ1) is 10.3. The largest absolute Gasteiger partial charge is 0.494 e. The monoisotopic (exact) mass is 304 g/mol. The van der Waals surface area contributed by atoms with E-state index < -0.39 is 0 Å². The standard InChI is InChI=1S/C17H24N2OS/c1-2-19(14-17-5-3-12-21-17)10-4-11-20-16-8-6-15(13-18)7-9-16/h3,5-9,12H,2,4,10-11,13-14,18H2,1H3. The van der Waals surface area contributed by atoms with Crippen LogP contribution in [-0.4, -0.2) is 24.6 Å². The van der Waals surface area contributed by atoms with Crippen LogP contribution < -0.4 is 10.5 Å². The number of benzene rings is 1. The van der Waals surface area contributed by atoms with Crippen molar-refractivity contribution in [1.29, 1.82) is 0 Å². The molecular weight excluding hydrogens is 280 g/mol. The fourth-order valence-corrected chi connectivity index (χ4v) is 2.92. The molecule has 0 saturated heterocycles. The van der Waals surface area contributed by atoms with E-state index in [-0.39, 0.29) is 0 Å². The Kier molecular flexibility index (Phi) is 6.73. The molecule has 0 aliphatic heterocycles. The van der Waals surface area contributed by atoms with E-state index in [4.69, 9.17) is 10.5 Å². The van der Waals surface area contributed by atoms with Crippen molar-refractivity contribution < 1.29 is 4.74 Å². The predicted octanol–water partition coefficient (Wildman–Crippen LogP) is 3.50. The quantitative estimate of drug-likeness (QED) is 0.721. The second-order valence-electron chi connectivity index (χ2n) is 5.00. The van der Waals surface area contributed by atoms with E-state index in [1.54, 1.807) is 0 Å². The average Bonchev–Trinajstić information content (AvgIpc) is 3.04. The van der Waals surface area contributed by atoms with Gasteiger partial charge in [-0.15, -0.1) is 11.3 Å². The van der Waals surface area contributed by atoms with Gasteiger partial charge in [-0.3, -0.25) is 4.90 Å². The molecule has 0 atom stereocenters. The highest BCUT2D eigenvalue weighted by Gasteiger charge is 2.04. The molecule has 1 aromatic heterocycles. The molecule has 0 spiro atoms. The average molecular weight is 304 g/mol. The van der Waals surface area contributed by atoms with E-state index in [0.717, 1.165) is 44.0 Å². The van der Waals surface area contributed by atoms with Gasteiger partial charge in [0.1, 0.15) is 5.75 Å². The van der Waals surface area contributed by atoms with E-state index in [2.05, 4.69) is 29.3 Å². The number of nitrogens with two attached hydrogens (primary N) is 1. The Morgan fingerprint density at radius 3 is 2.62 bits per heavy atom. The Morgan fingerprint density at radius 1 is 1.19 bits per heavy atom. The van der Waals surface area contributed by atoms with Gasteiger partial charge < -0.3 is 10.5 Å². The van der Waals surface area contributed by atoms with Crippen LogP contribution in [0, 0.1) is 0 Å². The molecule has 2 rings (SSSR count). The first-order valence-electron chi connectivity index (χ1n) is 7.48. The highest BCUT2D eigenvalue weighted by atomic mass is 32.1. The summed E-state index contributed by atoms with van der Waals surface area (Å²) < 4.78 is 5.77. The maximum Gasteiger partial charge on any atom is 0.119 e. The minimum atomic E-state index is 0.578. The Balaban J connectivity index is 1.67. The lowest BCUT2D eigenvalue weighted by atomic mass is 10.2. The number of thiophene rings is 1. The van der Waals surface area contributed by atoms with Gasteiger partial charge >= 0.3 is 0 Å². The fourth-order valence-electron chi connectivity index (χ4n) is 2.17. The molecule has 21 heavy (non-hydrogen) atoms. The number of hydrogen-bond donors (Lipinski definition) is 1. The fraction of sp³-hybridized carbons (Fsp3) is 0.412. The zero-order chi connectivity index (χ0) is 14.9. The van der Waals surface area contributed by atoms with Crippen LogP contribution in [0.1, 0.15) is 23.8 Å². The highest BCUT2D eigenvalue weighted by Crippen LogP contribution is 2.13. The normalized spacial score (nSPS) is 11.0. The summed E-state index contributed by atoms with van der Waals surface area (Å²) in [7, 11) is 0. The van der Waals surface area contributed by atoms with Crippen LogP contribution in [0.3, 0.4) is 0 Å². The molecule has 114 valence electrons. The molecule has 2 N–H and O–H groups in total. The van der Waals surface area contributed by atoms with Gasteiger partial charge in [-0.1, -0.05) is 25.1 Å². The van der Waals surface area contributed by atoms with Gasteiger partial charge in [0.15, 0.2) is 0 Å². The van der Waals surface area contributed by atoms with Gasteiger partial charge in [-0.25, -0.2) is 0 Å². The molecule has 4 heteroatoms. The predicted molar refractivity (Wildman–Crippen MR) is 89.7 cm³/mol. The number of rotatable bonds is 9. The lowest BCUT2D eigenvalue weighted by Crippen LogP contribution is -2.24. The van der Waals surface area contributed by atoms with Crippen LogP contribution in [-0.2, 0) is 13.1 Å². The van der Waals surface area contributed by atoms with Crippen molar-refractivity contribution in [2.24, 2.45) is 5.73 Å². The zero-order valence-electron chi connectivity index (χ0n) is 12.6. The van der Waals surface area contributed by atoms with Crippen molar-refractivity contribution in [3.8, 4) is 5.75 Å². The molecule has 0 fully saturated rings. The van der Waals surface area contributed by atoms with Crippen molar-refractivity contribution in [3.63, 3.8) is 0 Å². The summed E-state index contributed by atoms with van der Waals surface area (Å²) in [5.74, 6) is 0.925. The van der Waals surface area contributed by atoms with E-state index in [1.165, 1.54) is 4.88 Å². The molecule has 0 radical (unpaired) electrons. The lowest BCUT2D eigenvalue weighted by Gasteiger charge is -2.19. The maximum absolute atomic E-state index is 5.77. The van der Waals surface area contributed by atoms with Gasteiger partial charge in [-0.2, -0.15) is 0 Å². The summed E-state index contributed by atoms with van der Waals surface area (Å²) in [5.41, 5.74) is 6.71. The van der Waals surface area contributed by atoms with E-state index in [0.29, 0.717) is 6.54 Å². The van der Waals surface area contributed by atoms with Crippen LogP contribution in [0.4, 0.5) is 0 Å². The molecule has 3 nitrogen and oxygen atoms in total. The highest BCUT2D eigenvalue weighted by molar-refractivity contribution is 7.09. The minimum absolute atomic E-state index is 0.578. The summed E-state index contributed by atoms with van der Waals surface area (Å²) in [6.45, 7) is 6.72. The third-order valence-electron chi connectivity index (χ3n) is 3.45. The van der Waals surface area contributed by atoms with Crippen LogP contribution in [0.15, 0.2) is 41.8 Å². The van der Waals surface area contributed by atoms with Gasteiger partial charge in [0.2, 0.25) is 0 Å². The van der Waals surface area contributed by atoms with Crippen molar-refractivity contribution >= 4 is 11.3 Å². The Bertz CT molecular complexity index is 496. The molecule has 2 aromatic rings. The third kappa shape index (κ3) is 5.50. The number of ether oxygens (including phenoxy) is 1. The van der Waals surface area contributed by atoms with Crippen molar-refractivity contribution in [3.05, 3.63) is 52.2 Å². The molecule has 0 aliphatic carbocycles. The Labute approximate surface area is 131 Å². The molecule has 0 saturated carbocycles. The number of hydrogen-bond acceptors (Lipinski definition) is 4. The van der Waals surface area contributed by atoms with E-state index >= 15 is 0 Å².